The molecule has 0 aromatic heterocycles. The summed E-state index contributed by atoms with van der Waals surface area (Å²) in [5, 5.41) is 0. The molecule has 0 saturated heterocycles. The third kappa shape index (κ3) is 4.49. The maximum atomic E-state index is 12.4. The molecule has 3 nitrogen and oxygen atoms in total. The van der Waals surface area contributed by atoms with E-state index in [9.17, 15) is 4.79 Å². The van der Waals surface area contributed by atoms with E-state index in [0.717, 1.165) is 18.4 Å². The van der Waals surface area contributed by atoms with Crippen LogP contribution in [-0.4, -0.2) is 23.9 Å². The van der Waals surface area contributed by atoms with Crippen molar-refractivity contribution in [1.29, 1.82) is 0 Å². The van der Waals surface area contributed by atoms with E-state index in [1.165, 1.54) is 18.4 Å². The molecule has 1 aliphatic carbocycles. The lowest BCUT2D eigenvalue weighted by molar-refractivity contribution is -0.131. The molecule has 0 heterocycles. The smallest absolute Gasteiger partial charge is 0.226 e. The standard InChI is InChI=1S/C17H24N2O/c18-11-12-19(14-16-9-5-2-6-10-16)17(20)13-15-7-3-1-4-8-15/h2,5-7,9-10H,1,3-4,8,11-14,18H2. The van der Waals surface area contributed by atoms with Gasteiger partial charge in [0.2, 0.25) is 5.91 Å². The Morgan fingerprint density at radius 3 is 2.65 bits per heavy atom. The van der Waals surface area contributed by atoms with Gasteiger partial charge in [-0.3, -0.25) is 4.79 Å². The number of benzene rings is 1. The van der Waals surface area contributed by atoms with Crippen LogP contribution in [0, 0.1) is 0 Å². The summed E-state index contributed by atoms with van der Waals surface area (Å²) < 4.78 is 0. The van der Waals surface area contributed by atoms with Crippen molar-refractivity contribution >= 4 is 5.91 Å². The number of hydrogen-bond acceptors (Lipinski definition) is 2. The van der Waals surface area contributed by atoms with Gasteiger partial charge in [-0.1, -0.05) is 42.0 Å². The van der Waals surface area contributed by atoms with E-state index in [1.54, 1.807) is 0 Å². The van der Waals surface area contributed by atoms with Gasteiger partial charge in [-0.15, -0.1) is 0 Å². The van der Waals surface area contributed by atoms with E-state index in [-0.39, 0.29) is 5.91 Å². The minimum atomic E-state index is 0.201. The molecule has 0 aliphatic heterocycles. The summed E-state index contributed by atoms with van der Waals surface area (Å²) in [4.78, 5) is 14.3. The molecule has 1 aromatic carbocycles. The van der Waals surface area contributed by atoms with Crippen molar-refractivity contribution in [1.82, 2.24) is 4.90 Å². The predicted molar refractivity (Wildman–Crippen MR) is 82.1 cm³/mol. The van der Waals surface area contributed by atoms with Crippen molar-refractivity contribution in [2.24, 2.45) is 5.73 Å². The second-order valence-corrected chi connectivity index (χ2v) is 5.37. The average Bonchev–Trinajstić information content (AvgIpc) is 2.49. The zero-order chi connectivity index (χ0) is 14.2. The highest BCUT2D eigenvalue weighted by atomic mass is 16.2. The first kappa shape index (κ1) is 14.8. The molecule has 0 radical (unpaired) electrons. The first-order valence-electron chi connectivity index (χ1n) is 7.49. The third-order valence-corrected chi connectivity index (χ3v) is 3.73. The first-order valence-corrected chi connectivity index (χ1v) is 7.49. The number of amides is 1. The van der Waals surface area contributed by atoms with Gasteiger partial charge in [0.25, 0.3) is 0 Å². The quantitative estimate of drug-likeness (QED) is 0.809. The maximum absolute atomic E-state index is 12.4. The normalized spacial score (nSPS) is 14.8. The van der Waals surface area contributed by atoms with Gasteiger partial charge in [-0.05, 0) is 31.2 Å². The molecule has 3 heteroatoms. The van der Waals surface area contributed by atoms with E-state index < -0.39 is 0 Å². The summed E-state index contributed by atoms with van der Waals surface area (Å²) in [6.07, 6.45) is 7.48. The van der Waals surface area contributed by atoms with E-state index >= 15 is 0 Å². The first-order chi connectivity index (χ1) is 9.79. The van der Waals surface area contributed by atoms with Crippen molar-refractivity contribution in [3.05, 3.63) is 47.5 Å². The highest BCUT2D eigenvalue weighted by Crippen LogP contribution is 2.21. The largest absolute Gasteiger partial charge is 0.337 e. The minimum absolute atomic E-state index is 0.201. The van der Waals surface area contributed by atoms with Crippen LogP contribution in [0.4, 0.5) is 0 Å². The number of nitrogens with zero attached hydrogens (tertiary/aromatic N) is 1. The lowest BCUT2D eigenvalue weighted by Gasteiger charge is -2.23. The van der Waals surface area contributed by atoms with Crippen LogP contribution in [-0.2, 0) is 11.3 Å². The van der Waals surface area contributed by atoms with Crippen molar-refractivity contribution in [3.8, 4) is 0 Å². The Kier molecular flexibility index (Phi) is 5.81. The molecule has 0 fully saturated rings. The fourth-order valence-electron chi connectivity index (χ4n) is 2.62. The summed E-state index contributed by atoms with van der Waals surface area (Å²) in [5.41, 5.74) is 8.11. The Morgan fingerprint density at radius 2 is 2.00 bits per heavy atom. The van der Waals surface area contributed by atoms with Crippen LogP contribution in [0.15, 0.2) is 42.0 Å². The molecule has 20 heavy (non-hydrogen) atoms. The van der Waals surface area contributed by atoms with Gasteiger partial charge in [-0.2, -0.15) is 0 Å². The van der Waals surface area contributed by atoms with Gasteiger partial charge in [0.1, 0.15) is 0 Å². The van der Waals surface area contributed by atoms with Gasteiger partial charge >= 0.3 is 0 Å². The molecule has 0 bridgehead atoms. The second-order valence-electron chi connectivity index (χ2n) is 5.37. The van der Waals surface area contributed by atoms with Crippen LogP contribution in [0.2, 0.25) is 0 Å². The molecule has 0 unspecified atom stereocenters. The molecule has 2 rings (SSSR count). The molecule has 1 amide bonds. The topological polar surface area (TPSA) is 46.3 Å². The van der Waals surface area contributed by atoms with E-state index in [1.807, 2.05) is 23.1 Å². The van der Waals surface area contributed by atoms with Crippen LogP contribution in [0.5, 0.6) is 0 Å². The second kappa shape index (κ2) is 7.85. The van der Waals surface area contributed by atoms with Gasteiger partial charge < -0.3 is 10.6 Å². The predicted octanol–water partition coefficient (Wildman–Crippen LogP) is 2.86. The van der Waals surface area contributed by atoms with E-state index in [4.69, 9.17) is 5.73 Å². The molecule has 1 aromatic rings. The Balaban J connectivity index is 1.96. The Morgan fingerprint density at radius 1 is 1.20 bits per heavy atom. The summed E-state index contributed by atoms with van der Waals surface area (Å²) in [5.74, 6) is 0.201. The molecule has 1 aliphatic rings. The Labute approximate surface area is 121 Å². The molecule has 2 N–H and O–H groups in total. The van der Waals surface area contributed by atoms with Crippen molar-refractivity contribution < 1.29 is 4.79 Å². The SMILES string of the molecule is NCCN(Cc1ccccc1)C(=O)CC1=CCCCC1. The number of hydrogen-bond donors (Lipinski definition) is 1. The number of carbonyl (C=O) groups excluding carboxylic acids is 1. The summed E-state index contributed by atoms with van der Waals surface area (Å²) in [6, 6.07) is 10.1. The molecule has 0 saturated carbocycles. The van der Waals surface area contributed by atoms with Gasteiger partial charge in [0, 0.05) is 26.1 Å². The van der Waals surface area contributed by atoms with Crippen molar-refractivity contribution in [2.45, 2.75) is 38.6 Å². The summed E-state index contributed by atoms with van der Waals surface area (Å²) in [7, 11) is 0. The third-order valence-electron chi connectivity index (χ3n) is 3.73. The highest BCUT2D eigenvalue weighted by molar-refractivity contribution is 5.78. The number of allylic oxidation sites excluding steroid dienone is 1. The van der Waals surface area contributed by atoms with Crippen molar-refractivity contribution in [3.63, 3.8) is 0 Å². The fourth-order valence-corrected chi connectivity index (χ4v) is 2.62. The number of nitrogens with two attached hydrogens (primary N) is 1. The van der Waals surface area contributed by atoms with Crippen LogP contribution in [0.25, 0.3) is 0 Å². The van der Waals surface area contributed by atoms with Gasteiger partial charge in [0.05, 0.1) is 0 Å². The monoisotopic (exact) mass is 272 g/mol. The van der Waals surface area contributed by atoms with Crippen LogP contribution >= 0.6 is 0 Å². The van der Waals surface area contributed by atoms with Gasteiger partial charge in [-0.25, -0.2) is 0 Å². The fraction of sp³-hybridized carbons (Fsp3) is 0.471. The zero-order valence-corrected chi connectivity index (χ0v) is 12.1. The molecule has 0 spiro atoms. The van der Waals surface area contributed by atoms with Crippen LogP contribution in [0.1, 0.15) is 37.7 Å². The highest BCUT2D eigenvalue weighted by Gasteiger charge is 2.16. The molecular weight excluding hydrogens is 248 g/mol. The maximum Gasteiger partial charge on any atom is 0.226 e. The Bertz CT molecular complexity index is 453. The molecule has 0 atom stereocenters. The van der Waals surface area contributed by atoms with Crippen LogP contribution in [0.3, 0.4) is 0 Å². The lowest BCUT2D eigenvalue weighted by Crippen LogP contribution is -2.35. The van der Waals surface area contributed by atoms with Crippen LogP contribution < -0.4 is 5.73 Å². The summed E-state index contributed by atoms with van der Waals surface area (Å²) in [6.45, 7) is 1.79. The average molecular weight is 272 g/mol. The van der Waals surface area contributed by atoms with E-state index in [2.05, 4.69) is 18.2 Å². The lowest BCUT2D eigenvalue weighted by atomic mass is 9.97. The Hall–Kier alpha value is -1.61. The zero-order valence-electron chi connectivity index (χ0n) is 12.1. The molecule has 108 valence electrons. The number of carbonyl (C=O) groups is 1. The minimum Gasteiger partial charge on any atom is -0.337 e. The van der Waals surface area contributed by atoms with Crippen molar-refractivity contribution in [2.75, 3.05) is 13.1 Å². The summed E-state index contributed by atoms with van der Waals surface area (Å²) >= 11 is 0. The number of rotatable bonds is 6. The van der Waals surface area contributed by atoms with E-state index in [0.29, 0.717) is 26.1 Å². The molecular formula is C17H24N2O. The van der Waals surface area contributed by atoms with Gasteiger partial charge in [0.15, 0.2) is 0 Å².